The van der Waals surface area contributed by atoms with E-state index in [1.165, 1.54) is 0 Å². The Balaban J connectivity index is 1.92. The highest BCUT2D eigenvalue weighted by Crippen LogP contribution is 1.98. The molecule has 0 saturated heterocycles. The van der Waals surface area contributed by atoms with Gasteiger partial charge in [-0.05, 0) is 5.56 Å². The summed E-state index contributed by atoms with van der Waals surface area (Å²) in [7, 11) is 0. The molecule has 2 aromatic rings. The van der Waals surface area contributed by atoms with Gasteiger partial charge in [0.1, 0.15) is 0 Å². The molecule has 0 aliphatic rings. The first-order valence-electron chi connectivity index (χ1n) is 6.58. The van der Waals surface area contributed by atoms with Crippen molar-refractivity contribution in [2.75, 3.05) is 13.1 Å². The summed E-state index contributed by atoms with van der Waals surface area (Å²) < 4.78 is 0. The molecular weight excluding hydrogens is 286 g/mol. The summed E-state index contributed by atoms with van der Waals surface area (Å²) in [5.74, 6) is -1.47. The lowest BCUT2D eigenvalue weighted by Gasteiger charge is -2.04. The Kier molecular flexibility index (Phi) is 5.44. The molecule has 1 heterocycles. The average molecular weight is 301 g/mol. The van der Waals surface area contributed by atoms with Gasteiger partial charge in [0, 0.05) is 19.6 Å². The fourth-order valence-electron chi connectivity index (χ4n) is 1.53. The second kappa shape index (κ2) is 7.74. The highest BCUT2D eigenvalue weighted by Gasteiger charge is 2.14. The number of hydrogen-bond acceptors (Lipinski definition) is 7. The molecule has 0 aliphatic carbocycles. The summed E-state index contributed by atoms with van der Waals surface area (Å²) in [6, 6.07) is 9.38. The standard InChI is InChI=1S/C13H15N7O2/c14-6-7-15-12(21)10-17-19-11(20-18-10)13(22)16-8-9-4-2-1-3-5-9/h1-5H,6-8,14H2,(H,15,21)(H,16,22). The van der Waals surface area contributed by atoms with Gasteiger partial charge in [-0.25, -0.2) is 0 Å². The van der Waals surface area contributed by atoms with Crippen molar-refractivity contribution in [3.05, 3.63) is 47.5 Å². The molecule has 0 atom stereocenters. The summed E-state index contributed by atoms with van der Waals surface area (Å²) >= 11 is 0. The second-order valence-corrected chi connectivity index (χ2v) is 4.26. The molecule has 1 aromatic carbocycles. The SMILES string of the molecule is NCCNC(=O)c1nnc(C(=O)NCc2ccccc2)nn1. The largest absolute Gasteiger partial charge is 0.348 e. The van der Waals surface area contributed by atoms with E-state index in [4.69, 9.17) is 5.73 Å². The lowest BCUT2D eigenvalue weighted by atomic mass is 10.2. The molecular formula is C13H15N7O2. The first kappa shape index (κ1) is 15.4. The zero-order valence-electron chi connectivity index (χ0n) is 11.7. The summed E-state index contributed by atoms with van der Waals surface area (Å²) in [5, 5.41) is 19.4. The summed E-state index contributed by atoms with van der Waals surface area (Å²) in [6.45, 7) is 0.926. The van der Waals surface area contributed by atoms with Crippen molar-refractivity contribution >= 4 is 11.8 Å². The number of amides is 2. The maximum absolute atomic E-state index is 11.8. The number of hydrogen-bond donors (Lipinski definition) is 3. The number of nitrogens with two attached hydrogens (primary N) is 1. The normalized spacial score (nSPS) is 10.0. The monoisotopic (exact) mass is 301 g/mol. The first-order valence-corrected chi connectivity index (χ1v) is 6.58. The molecule has 9 heteroatoms. The van der Waals surface area contributed by atoms with Gasteiger partial charge in [-0.15, -0.1) is 20.4 Å². The van der Waals surface area contributed by atoms with Crippen LogP contribution in [0.2, 0.25) is 0 Å². The molecule has 0 fully saturated rings. The van der Waals surface area contributed by atoms with E-state index in [9.17, 15) is 9.59 Å². The van der Waals surface area contributed by atoms with Crippen LogP contribution in [0.25, 0.3) is 0 Å². The number of nitrogens with zero attached hydrogens (tertiary/aromatic N) is 4. The predicted octanol–water partition coefficient (Wildman–Crippen LogP) is -1.11. The number of carbonyl (C=O) groups excluding carboxylic acids is 2. The van der Waals surface area contributed by atoms with Crippen LogP contribution in [0.3, 0.4) is 0 Å². The third-order valence-corrected chi connectivity index (χ3v) is 2.61. The van der Waals surface area contributed by atoms with Crippen molar-refractivity contribution in [1.29, 1.82) is 0 Å². The molecule has 0 bridgehead atoms. The number of rotatable bonds is 6. The molecule has 0 spiro atoms. The molecule has 114 valence electrons. The maximum atomic E-state index is 11.8. The van der Waals surface area contributed by atoms with E-state index >= 15 is 0 Å². The zero-order valence-corrected chi connectivity index (χ0v) is 11.7. The van der Waals surface area contributed by atoms with Crippen molar-refractivity contribution in [2.45, 2.75) is 6.54 Å². The van der Waals surface area contributed by atoms with Crippen molar-refractivity contribution in [3.8, 4) is 0 Å². The third kappa shape index (κ3) is 4.28. The van der Waals surface area contributed by atoms with Crippen molar-refractivity contribution < 1.29 is 9.59 Å². The van der Waals surface area contributed by atoms with Crippen molar-refractivity contribution in [3.63, 3.8) is 0 Å². The lowest BCUT2D eigenvalue weighted by Crippen LogP contribution is -2.32. The van der Waals surface area contributed by atoms with Gasteiger partial charge in [-0.2, -0.15) is 0 Å². The van der Waals surface area contributed by atoms with Crippen LogP contribution in [0, 0.1) is 0 Å². The topological polar surface area (TPSA) is 136 Å². The number of benzene rings is 1. The van der Waals surface area contributed by atoms with Crippen LogP contribution in [-0.2, 0) is 6.54 Å². The highest BCUT2D eigenvalue weighted by atomic mass is 16.2. The van der Waals surface area contributed by atoms with Crippen LogP contribution in [0.15, 0.2) is 30.3 Å². The van der Waals surface area contributed by atoms with Gasteiger partial charge < -0.3 is 16.4 Å². The van der Waals surface area contributed by atoms with Crippen LogP contribution >= 0.6 is 0 Å². The van der Waals surface area contributed by atoms with E-state index in [2.05, 4.69) is 31.0 Å². The van der Waals surface area contributed by atoms with E-state index < -0.39 is 11.8 Å². The molecule has 9 nitrogen and oxygen atoms in total. The highest BCUT2D eigenvalue weighted by molar-refractivity contribution is 5.91. The van der Waals surface area contributed by atoms with Crippen LogP contribution in [0.1, 0.15) is 26.8 Å². The Morgan fingerprint density at radius 1 is 0.909 bits per heavy atom. The summed E-state index contributed by atoms with van der Waals surface area (Å²) in [6.07, 6.45) is 0. The van der Waals surface area contributed by atoms with Gasteiger partial charge in [0.15, 0.2) is 0 Å². The number of aromatic nitrogens is 4. The molecule has 4 N–H and O–H groups in total. The Hall–Kier alpha value is -2.94. The molecule has 0 unspecified atom stereocenters. The van der Waals surface area contributed by atoms with E-state index in [1.54, 1.807) is 0 Å². The summed E-state index contributed by atoms with van der Waals surface area (Å²) in [4.78, 5) is 23.4. The Morgan fingerprint density at radius 3 is 2.00 bits per heavy atom. The van der Waals surface area contributed by atoms with Gasteiger partial charge in [0.2, 0.25) is 0 Å². The molecule has 0 radical (unpaired) electrons. The lowest BCUT2D eigenvalue weighted by molar-refractivity contribution is 0.0919. The van der Waals surface area contributed by atoms with E-state index in [-0.39, 0.29) is 11.6 Å². The van der Waals surface area contributed by atoms with Gasteiger partial charge >= 0.3 is 0 Å². The van der Waals surface area contributed by atoms with E-state index in [1.807, 2.05) is 30.3 Å². The minimum atomic E-state index is -0.540. The molecule has 22 heavy (non-hydrogen) atoms. The Morgan fingerprint density at radius 2 is 1.45 bits per heavy atom. The smallest absolute Gasteiger partial charge is 0.293 e. The predicted molar refractivity (Wildman–Crippen MR) is 76.6 cm³/mol. The van der Waals surface area contributed by atoms with Crippen molar-refractivity contribution in [1.82, 2.24) is 31.0 Å². The van der Waals surface area contributed by atoms with Crippen molar-refractivity contribution in [2.24, 2.45) is 5.73 Å². The van der Waals surface area contributed by atoms with E-state index in [0.717, 1.165) is 5.56 Å². The molecule has 0 saturated carbocycles. The van der Waals surface area contributed by atoms with Crippen LogP contribution in [0.4, 0.5) is 0 Å². The fraction of sp³-hybridized carbons (Fsp3) is 0.231. The Labute approximate surface area is 126 Å². The third-order valence-electron chi connectivity index (χ3n) is 2.61. The minimum absolute atomic E-state index is 0.202. The minimum Gasteiger partial charge on any atom is -0.348 e. The number of carbonyl (C=O) groups is 2. The van der Waals surface area contributed by atoms with Crippen LogP contribution < -0.4 is 16.4 Å². The fourth-order valence-corrected chi connectivity index (χ4v) is 1.53. The van der Waals surface area contributed by atoms with Gasteiger partial charge in [-0.1, -0.05) is 30.3 Å². The van der Waals surface area contributed by atoms with Gasteiger partial charge in [0.25, 0.3) is 23.5 Å². The quantitative estimate of drug-likeness (QED) is 0.615. The second-order valence-electron chi connectivity index (χ2n) is 4.26. The molecule has 2 amide bonds. The molecule has 2 rings (SSSR count). The summed E-state index contributed by atoms with van der Waals surface area (Å²) in [5.41, 5.74) is 6.20. The van der Waals surface area contributed by atoms with Gasteiger partial charge in [-0.3, -0.25) is 9.59 Å². The number of nitrogens with one attached hydrogen (secondary N) is 2. The Bertz CT molecular complexity index is 631. The van der Waals surface area contributed by atoms with Crippen LogP contribution in [-0.4, -0.2) is 45.3 Å². The maximum Gasteiger partial charge on any atom is 0.293 e. The van der Waals surface area contributed by atoms with Gasteiger partial charge in [0.05, 0.1) is 0 Å². The molecule has 0 aliphatic heterocycles. The first-order chi connectivity index (χ1) is 10.7. The van der Waals surface area contributed by atoms with E-state index in [0.29, 0.717) is 19.6 Å². The van der Waals surface area contributed by atoms with Crippen LogP contribution in [0.5, 0.6) is 0 Å². The average Bonchev–Trinajstić information content (AvgIpc) is 2.58. The zero-order chi connectivity index (χ0) is 15.8. The molecule has 1 aromatic heterocycles.